The van der Waals surface area contributed by atoms with Crippen LogP contribution in [0, 0.1) is 0 Å². The number of likely N-dealkylation sites (tertiary alicyclic amines) is 1. The summed E-state index contributed by atoms with van der Waals surface area (Å²) in [5.41, 5.74) is -0.389. The van der Waals surface area contributed by atoms with E-state index >= 15 is 0 Å². The van der Waals surface area contributed by atoms with E-state index in [0.29, 0.717) is 18.5 Å². The molecule has 0 spiro atoms. The number of rotatable bonds is 2. The molecule has 1 amide bonds. The standard InChI is InChI=1S/C11H18N4O/c1-11(12-13-11)5-10(16)15-8-3-4-9(15)7-14(2)6-8/h8-9H,3-7H2,1-2H3. The lowest BCUT2D eigenvalue weighted by Crippen LogP contribution is -2.55. The Balaban J connectivity index is 1.68. The maximum absolute atomic E-state index is 12.2. The second kappa shape index (κ2) is 3.26. The summed E-state index contributed by atoms with van der Waals surface area (Å²) in [7, 11) is 2.14. The molecule has 0 aliphatic carbocycles. The molecule has 5 nitrogen and oxygen atoms in total. The van der Waals surface area contributed by atoms with Gasteiger partial charge >= 0.3 is 0 Å². The van der Waals surface area contributed by atoms with E-state index in [1.165, 1.54) is 0 Å². The quantitative estimate of drug-likeness (QED) is 0.696. The maximum Gasteiger partial charge on any atom is 0.227 e. The summed E-state index contributed by atoms with van der Waals surface area (Å²) in [6.45, 7) is 3.96. The summed E-state index contributed by atoms with van der Waals surface area (Å²) in [6, 6.07) is 0.859. The summed E-state index contributed by atoms with van der Waals surface area (Å²) in [5.74, 6) is 0.244. The molecule has 5 heteroatoms. The number of amides is 1. The highest BCUT2D eigenvalue weighted by Gasteiger charge is 2.45. The van der Waals surface area contributed by atoms with Crippen molar-refractivity contribution < 1.29 is 4.79 Å². The Bertz CT molecular complexity index is 334. The second-order valence-electron chi connectivity index (χ2n) is 5.50. The predicted molar refractivity (Wildman–Crippen MR) is 59.0 cm³/mol. The Hall–Kier alpha value is -0.970. The normalized spacial score (nSPS) is 35.5. The third-order valence-corrected chi connectivity index (χ3v) is 3.88. The van der Waals surface area contributed by atoms with Gasteiger partial charge < -0.3 is 9.80 Å². The minimum atomic E-state index is -0.389. The van der Waals surface area contributed by atoms with Crippen LogP contribution in [-0.2, 0) is 4.79 Å². The third kappa shape index (κ3) is 1.63. The zero-order valence-electron chi connectivity index (χ0n) is 9.89. The summed E-state index contributed by atoms with van der Waals surface area (Å²) in [4.78, 5) is 16.6. The van der Waals surface area contributed by atoms with Gasteiger partial charge in [-0.2, -0.15) is 10.2 Å². The zero-order valence-corrected chi connectivity index (χ0v) is 9.89. The molecule has 2 atom stereocenters. The first-order valence-electron chi connectivity index (χ1n) is 6.01. The fourth-order valence-corrected chi connectivity index (χ4v) is 3.05. The summed E-state index contributed by atoms with van der Waals surface area (Å²) >= 11 is 0. The topological polar surface area (TPSA) is 48.3 Å². The molecule has 0 radical (unpaired) electrons. The van der Waals surface area contributed by atoms with Crippen molar-refractivity contribution in [1.29, 1.82) is 0 Å². The Morgan fingerprint density at radius 1 is 1.31 bits per heavy atom. The Kier molecular flexibility index (Phi) is 2.08. The first-order chi connectivity index (χ1) is 7.57. The van der Waals surface area contributed by atoms with Crippen LogP contribution in [-0.4, -0.2) is 53.6 Å². The van der Waals surface area contributed by atoms with E-state index in [4.69, 9.17) is 0 Å². The molecular weight excluding hydrogens is 204 g/mol. The van der Waals surface area contributed by atoms with Crippen LogP contribution in [0.5, 0.6) is 0 Å². The van der Waals surface area contributed by atoms with Gasteiger partial charge in [0.25, 0.3) is 0 Å². The third-order valence-electron chi connectivity index (χ3n) is 3.88. The van der Waals surface area contributed by atoms with Crippen LogP contribution in [0.15, 0.2) is 10.2 Å². The van der Waals surface area contributed by atoms with Gasteiger partial charge in [0.1, 0.15) is 0 Å². The first kappa shape index (κ1) is 10.2. The molecule has 3 heterocycles. The van der Waals surface area contributed by atoms with Crippen molar-refractivity contribution in [2.24, 2.45) is 10.2 Å². The monoisotopic (exact) mass is 222 g/mol. The Morgan fingerprint density at radius 3 is 2.38 bits per heavy atom. The largest absolute Gasteiger partial charge is 0.334 e. The lowest BCUT2D eigenvalue weighted by Gasteiger charge is -2.39. The average molecular weight is 222 g/mol. The zero-order chi connectivity index (χ0) is 11.3. The molecule has 2 bridgehead atoms. The molecule has 2 saturated heterocycles. The van der Waals surface area contributed by atoms with Crippen LogP contribution >= 0.6 is 0 Å². The number of likely N-dealkylation sites (N-methyl/N-ethyl adjacent to an activating group) is 1. The number of nitrogens with zero attached hydrogens (tertiary/aromatic N) is 4. The van der Waals surface area contributed by atoms with Gasteiger partial charge in [0.15, 0.2) is 5.66 Å². The van der Waals surface area contributed by atoms with E-state index in [1.807, 2.05) is 6.92 Å². The number of piperazine rings is 1. The van der Waals surface area contributed by atoms with Crippen LogP contribution in [0.2, 0.25) is 0 Å². The number of carbonyl (C=O) groups excluding carboxylic acids is 1. The SMILES string of the molecule is CN1CC2CCC(C1)N2C(=O)CC1(C)N=N1. The van der Waals surface area contributed by atoms with E-state index in [0.717, 1.165) is 25.9 Å². The van der Waals surface area contributed by atoms with Crippen molar-refractivity contribution in [3.8, 4) is 0 Å². The van der Waals surface area contributed by atoms with E-state index < -0.39 is 0 Å². The average Bonchev–Trinajstić information content (AvgIpc) is 2.84. The lowest BCUT2D eigenvalue weighted by molar-refractivity contribution is -0.137. The van der Waals surface area contributed by atoms with Crippen LogP contribution in [0.25, 0.3) is 0 Å². The maximum atomic E-state index is 12.2. The van der Waals surface area contributed by atoms with Crippen LogP contribution in [0.3, 0.4) is 0 Å². The molecule has 0 saturated carbocycles. The van der Waals surface area contributed by atoms with E-state index in [2.05, 4.69) is 27.1 Å². The van der Waals surface area contributed by atoms with Crippen molar-refractivity contribution in [2.75, 3.05) is 20.1 Å². The minimum absolute atomic E-state index is 0.244. The van der Waals surface area contributed by atoms with Crippen LogP contribution < -0.4 is 0 Å². The number of hydrogen-bond donors (Lipinski definition) is 0. The molecule has 3 rings (SSSR count). The van der Waals surface area contributed by atoms with Crippen LogP contribution in [0.1, 0.15) is 26.2 Å². The smallest absolute Gasteiger partial charge is 0.227 e. The van der Waals surface area contributed by atoms with Gasteiger partial charge in [-0.1, -0.05) is 0 Å². The van der Waals surface area contributed by atoms with Gasteiger partial charge in [0, 0.05) is 25.2 Å². The second-order valence-corrected chi connectivity index (χ2v) is 5.50. The highest BCUT2D eigenvalue weighted by atomic mass is 16.2. The predicted octanol–water partition coefficient (Wildman–Crippen LogP) is 0.863. The Labute approximate surface area is 95.5 Å². The molecule has 0 N–H and O–H groups in total. The molecule has 2 unspecified atom stereocenters. The van der Waals surface area contributed by atoms with Gasteiger partial charge in [-0.05, 0) is 26.8 Å². The number of hydrogen-bond acceptors (Lipinski definition) is 4. The van der Waals surface area contributed by atoms with E-state index in [1.54, 1.807) is 0 Å². The highest BCUT2D eigenvalue weighted by molar-refractivity contribution is 5.79. The molecule has 0 aromatic rings. The van der Waals surface area contributed by atoms with Gasteiger partial charge in [-0.3, -0.25) is 4.79 Å². The molecule has 88 valence electrons. The fraction of sp³-hybridized carbons (Fsp3) is 0.909. The van der Waals surface area contributed by atoms with Gasteiger partial charge in [-0.15, -0.1) is 0 Å². The molecule has 2 fully saturated rings. The van der Waals surface area contributed by atoms with Crippen LogP contribution in [0.4, 0.5) is 0 Å². The fourth-order valence-electron chi connectivity index (χ4n) is 3.05. The molecule has 3 aliphatic rings. The summed E-state index contributed by atoms with van der Waals surface area (Å²) in [5, 5.41) is 7.84. The van der Waals surface area contributed by atoms with Crippen molar-refractivity contribution >= 4 is 5.91 Å². The first-order valence-corrected chi connectivity index (χ1v) is 6.01. The summed E-state index contributed by atoms with van der Waals surface area (Å²) in [6.07, 6.45) is 2.78. The minimum Gasteiger partial charge on any atom is -0.334 e. The molecule has 3 aliphatic heterocycles. The number of fused-ring (bicyclic) bond motifs is 2. The van der Waals surface area contributed by atoms with E-state index in [-0.39, 0.29) is 11.6 Å². The van der Waals surface area contributed by atoms with Gasteiger partial charge in [0.2, 0.25) is 5.91 Å². The van der Waals surface area contributed by atoms with Crippen molar-refractivity contribution in [3.63, 3.8) is 0 Å². The van der Waals surface area contributed by atoms with Crippen molar-refractivity contribution in [3.05, 3.63) is 0 Å². The molecule has 0 aromatic heterocycles. The highest BCUT2D eigenvalue weighted by Crippen LogP contribution is 2.35. The van der Waals surface area contributed by atoms with Crippen molar-refractivity contribution in [1.82, 2.24) is 9.80 Å². The molecule has 16 heavy (non-hydrogen) atoms. The van der Waals surface area contributed by atoms with E-state index in [9.17, 15) is 4.79 Å². The number of carbonyl (C=O) groups is 1. The Morgan fingerprint density at radius 2 is 1.88 bits per heavy atom. The van der Waals surface area contributed by atoms with Crippen molar-refractivity contribution in [2.45, 2.75) is 43.9 Å². The molecular formula is C11H18N4O. The van der Waals surface area contributed by atoms with Gasteiger partial charge in [0.05, 0.1) is 6.42 Å². The summed E-state index contributed by atoms with van der Waals surface area (Å²) < 4.78 is 0. The lowest BCUT2D eigenvalue weighted by atomic mass is 10.1. The molecule has 0 aromatic carbocycles. The van der Waals surface area contributed by atoms with Gasteiger partial charge in [-0.25, -0.2) is 0 Å².